The number of carbonyl (C=O) groups excluding carboxylic acids is 1. The van der Waals surface area contributed by atoms with Gasteiger partial charge in [0.25, 0.3) is 0 Å². The minimum absolute atomic E-state index is 0. The molecule has 0 spiro atoms. The van der Waals surface area contributed by atoms with E-state index in [9.17, 15) is 4.79 Å². The average molecular weight is 312 g/mol. The van der Waals surface area contributed by atoms with E-state index >= 15 is 0 Å². The fourth-order valence-electron chi connectivity index (χ4n) is 2.85. The quantitative estimate of drug-likeness (QED) is 0.774. The summed E-state index contributed by atoms with van der Waals surface area (Å²) < 4.78 is 5.14. The summed E-state index contributed by atoms with van der Waals surface area (Å²) in [6.45, 7) is 6.76. The van der Waals surface area contributed by atoms with E-state index in [0.717, 1.165) is 19.0 Å². The Labute approximate surface area is 134 Å². The molecular formula is C17H26ClNO2. The number of nitrogens with zero attached hydrogens (tertiary/aromatic N) is 1. The van der Waals surface area contributed by atoms with Crippen molar-refractivity contribution in [2.24, 2.45) is 5.92 Å². The van der Waals surface area contributed by atoms with Crippen LogP contribution in [0.1, 0.15) is 44.7 Å². The minimum Gasteiger partial charge on any atom is -0.466 e. The Bertz CT molecular complexity index is 416. The largest absolute Gasteiger partial charge is 0.466 e. The molecule has 21 heavy (non-hydrogen) atoms. The molecule has 1 unspecified atom stereocenters. The second-order valence-corrected chi connectivity index (χ2v) is 5.65. The van der Waals surface area contributed by atoms with Gasteiger partial charge in [-0.2, -0.15) is 0 Å². The molecule has 3 nitrogen and oxygen atoms in total. The summed E-state index contributed by atoms with van der Waals surface area (Å²) in [5.74, 6) is 0.699. The van der Waals surface area contributed by atoms with E-state index in [2.05, 4.69) is 24.0 Å². The van der Waals surface area contributed by atoms with Crippen molar-refractivity contribution in [3.63, 3.8) is 0 Å². The first kappa shape index (κ1) is 18.0. The zero-order valence-corrected chi connectivity index (χ0v) is 13.8. The maximum absolute atomic E-state index is 11.9. The van der Waals surface area contributed by atoms with Gasteiger partial charge in [-0.05, 0) is 44.3 Å². The molecule has 0 N–H and O–H groups in total. The molecule has 4 heteroatoms. The fourth-order valence-corrected chi connectivity index (χ4v) is 2.85. The number of piperidine rings is 1. The highest BCUT2D eigenvalue weighted by molar-refractivity contribution is 5.85. The van der Waals surface area contributed by atoms with Crippen LogP contribution in [0.3, 0.4) is 0 Å². The van der Waals surface area contributed by atoms with Crippen LogP contribution in [0.15, 0.2) is 30.3 Å². The molecule has 0 aromatic heterocycles. The summed E-state index contributed by atoms with van der Waals surface area (Å²) in [6, 6.07) is 10.5. The molecule has 1 fully saturated rings. The van der Waals surface area contributed by atoms with Gasteiger partial charge >= 0.3 is 5.97 Å². The molecule has 0 amide bonds. The molecule has 0 bridgehead atoms. The van der Waals surface area contributed by atoms with Crippen LogP contribution in [-0.2, 0) is 9.53 Å². The van der Waals surface area contributed by atoms with E-state index in [1.54, 1.807) is 0 Å². The lowest BCUT2D eigenvalue weighted by molar-refractivity contribution is -0.144. The zero-order valence-electron chi connectivity index (χ0n) is 13.0. The van der Waals surface area contributed by atoms with Gasteiger partial charge in [-0.25, -0.2) is 0 Å². The van der Waals surface area contributed by atoms with E-state index in [0.29, 0.717) is 13.0 Å². The van der Waals surface area contributed by atoms with Crippen molar-refractivity contribution in [2.45, 2.75) is 39.2 Å². The Morgan fingerprint density at radius 2 is 1.90 bits per heavy atom. The third-order valence-corrected chi connectivity index (χ3v) is 4.11. The van der Waals surface area contributed by atoms with Crippen molar-refractivity contribution in [1.82, 2.24) is 4.90 Å². The monoisotopic (exact) mass is 311 g/mol. The Hall–Kier alpha value is -1.06. The van der Waals surface area contributed by atoms with Crippen molar-refractivity contribution in [1.29, 1.82) is 0 Å². The maximum Gasteiger partial charge on any atom is 0.307 e. The number of benzene rings is 1. The normalized spacial score (nSPS) is 17.8. The van der Waals surface area contributed by atoms with Crippen molar-refractivity contribution in [3.8, 4) is 0 Å². The van der Waals surface area contributed by atoms with Gasteiger partial charge in [0.1, 0.15) is 0 Å². The lowest BCUT2D eigenvalue weighted by Gasteiger charge is -2.36. The van der Waals surface area contributed by atoms with Crippen LogP contribution >= 0.6 is 12.4 Å². The number of ether oxygens (including phenoxy) is 1. The fraction of sp³-hybridized carbons (Fsp3) is 0.588. The third kappa shape index (κ3) is 5.33. The van der Waals surface area contributed by atoms with Gasteiger partial charge in [-0.15, -0.1) is 12.4 Å². The van der Waals surface area contributed by atoms with Crippen molar-refractivity contribution in [2.75, 3.05) is 19.7 Å². The van der Waals surface area contributed by atoms with E-state index in [1.807, 2.05) is 25.1 Å². The molecule has 0 aliphatic carbocycles. The van der Waals surface area contributed by atoms with Gasteiger partial charge < -0.3 is 4.74 Å². The lowest BCUT2D eigenvalue weighted by Crippen LogP contribution is -2.37. The van der Waals surface area contributed by atoms with Gasteiger partial charge in [0.15, 0.2) is 0 Å². The minimum atomic E-state index is -0.0972. The molecule has 1 heterocycles. The van der Waals surface area contributed by atoms with Crippen LogP contribution in [0, 0.1) is 5.92 Å². The highest BCUT2D eigenvalue weighted by atomic mass is 35.5. The molecule has 1 aromatic carbocycles. The molecular weight excluding hydrogens is 286 g/mol. The second kappa shape index (κ2) is 9.06. The standard InChI is InChI=1S/C17H25NO2.ClH/c1-3-20-17(19)13-16(15-7-5-4-6-8-15)18-11-9-14(2)10-12-18;/h4-8,14,16H,3,9-13H2,1-2H3;1H. The molecule has 0 radical (unpaired) electrons. The van der Waals surface area contributed by atoms with E-state index < -0.39 is 0 Å². The van der Waals surface area contributed by atoms with E-state index in [1.165, 1.54) is 18.4 Å². The molecule has 1 aromatic rings. The highest BCUT2D eigenvalue weighted by Gasteiger charge is 2.26. The first-order valence-corrected chi connectivity index (χ1v) is 7.65. The number of carbonyl (C=O) groups is 1. The first-order chi connectivity index (χ1) is 9.70. The van der Waals surface area contributed by atoms with E-state index in [-0.39, 0.29) is 24.4 Å². The summed E-state index contributed by atoms with van der Waals surface area (Å²) in [7, 11) is 0. The number of hydrogen-bond donors (Lipinski definition) is 0. The Morgan fingerprint density at radius 3 is 2.48 bits per heavy atom. The number of rotatable bonds is 5. The van der Waals surface area contributed by atoms with Crippen LogP contribution in [-0.4, -0.2) is 30.6 Å². The number of esters is 1. The molecule has 1 aliphatic rings. The smallest absolute Gasteiger partial charge is 0.307 e. The summed E-state index contributed by atoms with van der Waals surface area (Å²) in [5.41, 5.74) is 1.22. The maximum atomic E-state index is 11.9. The Morgan fingerprint density at radius 1 is 1.29 bits per heavy atom. The summed E-state index contributed by atoms with van der Waals surface area (Å²) in [6.07, 6.45) is 2.88. The number of halogens is 1. The van der Waals surface area contributed by atoms with Crippen molar-refractivity contribution < 1.29 is 9.53 Å². The van der Waals surface area contributed by atoms with Gasteiger partial charge in [0.05, 0.1) is 13.0 Å². The Balaban J connectivity index is 0.00000220. The van der Waals surface area contributed by atoms with Gasteiger partial charge in [0, 0.05) is 6.04 Å². The molecule has 0 saturated carbocycles. The molecule has 118 valence electrons. The first-order valence-electron chi connectivity index (χ1n) is 7.65. The van der Waals surface area contributed by atoms with Crippen molar-refractivity contribution in [3.05, 3.63) is 35.9 Å². The van der Waals surface area contributed by atoms with Crippen LogP contribution in [0.5, 0.6) is 0 Å². The van der Waals surface area contributed by atoms with Crippen LogP contribution in [0.2, 0.25) is 0 Å². The van der Waals surface area contributed by atoms with E-state index in [4.69, 9.17) is 4.74 Å². The van der Waals surface area contributed by atoms with Gasteiger partial charge in [-0.1, -0.05) is 37.3 Å². The SMILES string of the molecule is CCOC(=O)CC(c1ccccc1)N1CCC(C)CC1.Cl. The number of likely N-dealkylation sites (tertiary alicyclic amines) is 1. The third-order valence-electron chi connectivity index (χ3n) is 4.11. The second-order valence-electron chi connectivity index (χ2n) is 5.65. The van der Waals surface area contributed by atoms with Crippen molar-refractivity contribution >= 4 is 18.4 Å². The van der Waals surface area contributed by atoms with Crippen LogP contribution in [0.25, 0.3) is 0 Å². The molecule has 1 saturated heterocycles. The topological polar surface area (TPSA) is 29.5 Å². The van der Waals surface area contributed by atoms with Gasteiger partial charge in [0.2, 0.25) is 0 Å². The predicted octanol–water partition coefficient (Wildman–Crippen LogP) is 3.83. The predicted molar refractivity (Wildman–Crippen MR) is 87.7 cm³/mol. The number of hydrogen-bond acceptors (Lipinski definition) is 3. The molecule has 1 aliphatic heterocycles. The lowest BCUT2D eigenvalue weighted by atomic mass is 9.94. The summed E-state index contributed by atoms with van der Waals surface area (Å²) in [5, 5.41) is 0. The zero-order chi connectivity index (χ0) is 14.4. The molecule has 2 rings (SSSR count). The summed E-state index contributed by atoms with van der Waals surface area (Å²) in [4.78, 5) is 14.3. The van der Waals surface area contributed by atoms with Crippen LogP contribution in [0.4, 0.5) is 0 Å². The van der Waals surface area contributed by atoms with Gasteiger partial charge in [-0.3, -0.25) is 9.69 Å². The summed E-state index contributed by atoms with van der Waals surface area (Å²) >= 11 is 0. The Kier molecular flexibility index (Phi) is 7.76. The highest BCUT2D eigenvalue weighted by Crippen LogP contribution is 2.29. The average Bonchev–Trinajstić information content (AvgIpc) is 2.47. The van der Waals surface area contributed by atoms with Crippen LogP contribution < -0.4 is 0 Å². The molecule has 1 atom stereocenters.